The molecule has 0 aliphatic carbocycles. The minimum absolute atomic E-state index is 0. The molecule has 66 valence electrons. The van der Waals surface area contributed by atoms with Crippen molar-refractivity contribution in [2.45, 2.75) is 14.9 Å². The number of rotatable bonds is 0. The average Bonchev–Trinajstić information content (AvgIpc) is 1.50. The molecule has 0 heterocycles. The van der Waals surface area contributed by atoms with Crippen molar-refractivity contribution in [1.82, 2.24) is 0 Å². The summed E-state index contributed by atoms with van der Waals surface area (Å²) in [6.45, 7) is 0. The monoisotopic (exact) mass is 221 g/mol. The summed E-state index contributed by atoms with van der Waals surface area (Å²) < 4.78 is 7.81. The molecule has 0 saturated heterocycles. The molecule has 0 atom stereocenters. The first-order valence-corrected chi connectivity index (χ1v) is 0.955. The summed E-state index contributed by atoms with van der Waals surface area (Å²) in [5, 5.41) is 7.00. The third-order valence-electron chi connectivity index (χ3n) is 0. The quantitative estimate of drug-likeness (QED) is 0.494. The Labute approximate surface area is 71.6 Å². The molecule has 0 aromatic heterocycles. The van der Waals surface area contributed by atoms with Crippen LogP contribution in [0.25, 0.3) is 0 Å². The molecule has 0 bridgehead atoms. The molecular formula is C4H15Cu2O2-. The fraction of sp³-hybridized carbons (Fsp3) is 0.750. The van der Waals surface area contributed by atoms with E-state index in [1.54, 1.807) is 0 Å². The van der Waals surface area contributed by atoms with E-state index in [0.29, 0.717) is 0 Å². The molecule has 8 heavy (non-hydrogen) atoms. The van der Waals surface area contributed by atoms with E-state index in [9.17, 15) is 0 Å². The van der Waals surface area contributed by atoms with Crippen molar-refractivity contribution >= 4 is 0 Å². The summed E-state index contributed by atoms with van der Waals surface area (Å²) in [7, 11) is 1.00. The van der Waals surface area contributed by atoms with Gasteiger partial charge in [0.05, 0.1) is 0 Å². The van der Waals surface area contributed by atoms with Crippen LogP contribution in [-0.2, 0) is 36.8 Å². The third kappa shape index (κ3) is 358. The Kier molecular flexibility index (Phi) is 4820. The Morgan fingerprint density at radius 3 is 1.12 bits per heavy atom. The number of aliphatic hydroxyl groups excluding tert-OH is 1. The van der Waals surface area contributed by atoms with Gasteiger partial charge in [-0.15, -0.1) is 0 Å². The second kappa shape index (κ2) is 565. The molecule has 0 aromatic rings. The van der Waals surface area contributed by atoms with Crippen LogP contribution in [0, 0.1) is 7.43 Å². The van der Waals surface area contributed by atoms with Gasteiger partial charge in [-0.3, -0.25) is 0 Å². The van der Waals surface area contributed by atoms with Crippen LogP contribution in [0.15, 0.2) is 0 Å². The number of hydrogen-bond donors (Lipinski definition) is 1. The van der Waals surface area contributed by atoms with E-state index in [4.69, 9.17) is 8.94 Å². The summed E-state index contributed by atoms with van der Waals surface area (Å²) in [6.07, 6.45) is 0. The second-order valence-corrected chi connectivity index (χ2v) is 0. The molecule has 4 heteroatoms. The van der Waals surface area contributed by atoms with E-state index in [0.717, 1.165) is 7.11 Å². The molecule has 0 rings (SSSR count). The van der Waals surface area contributed by atoms with Crippen LogP contribution >= 0.6 is 0 Å². The van der Waals surface area contributed by atoms with Crippen LogP contribution in [0.3, 0.4) is 0 Å². The number of hydrogen-bond acceptors (Lipinski definition) is 2. The predicted octanol–water partition coefficient (Wildman–Crippen LogP) is 1.21. The minimum atomic E-state index is 0. The van der Waals surface area contributed by atoms with Crippen molar-refractivity contribution in [1.29, 1.82) is 0 Å². The Balaban J connectivity index is -0.00000000167. The van der Waals surface area contributed by atoms with Gasteiger partial charge in [-0.2, -0.15) is 0 Å². The van der Waals surface area contributed by atoms with E-state index < -0.39 is 0 Å². The van der Waals surface area contributed by atoms with Crippen molar-refractivity contribution < 1.29 is 42.0 Å². The Morgan fingerprint density at radius 2 is 1.12 bits per heavy atom. The van der Waals surface area contributed by atoms with Gasteiger partial charge in [0.1, 0.15) is 0 Å². The van der Waals surface area contributed by atoms with Crippen LogP contribution in [-0.4, -0.2) is 12.2 Å². The van der Waals surface area contributed by atoms with Crippen molar-refractivity contribution in [2.24, 2.45) is 0 Å². The van der Waals surface area contributed by atoms with Crippen LogP contribution in [0.1, 0.15) is 14.9 Å². The van der Waals surface area contributed by atoms with Crippen LogP contribution < -0.4 is 0 Å². The van der Waals surface area contributed by atoms with Crippen molar-refractivity contribution in [2.75, 3.05) is 7.11 Å². The molecule has 1 N–H and O–H groups in total. The standard InChI is InChI=1S/CH4O.2CH4.CH3.2Cu.O/c1-2;;;;;;/h2H,1H3;2*1H4;1H3;;;/q;;;-1;;;. The SMILES string of the molecule is C.C.CO.[CH3-].[Cu].[O]=[Cu]. The van der Waals surface area contributed by atoms with Crippen LogP contribution in [0.5, 0.6) is 0 Å². The molecule has 1 radical (unpaired) electrons. The summed E-state index contributed by atoms with van der Waals surface area (Å²) >= 11 is 2.94. The molecule has 0 spiro atoms. The van der Waals surface area contributed by atoms with Crippen LogP contribution in [0.2, 0.25) is 0 Å². The summed E-state index contributed by atoms with van der Waals surface area (Å²) in [6, 6.07) is 0. The Hall–Kier alpha value is 0.799. The zero-order chi connectivity index (χ0) is 4.00. The van der Waals surface area contributed by atoms with Gasteiger partial charge in [0.15, 0.2) is 0 Å². The maximum absolute atomic E-state index is 7.81. The van der Waals surface area contributed by atoms with Gasteiger partial charge in [0.25, 0.3) is 0 Å². The molecule has 0 aliphatic heterocycles. The maximum atomic E-state index is 7.81. The molecule has 0 saturated carbocycles. The first-order valence-electron chi connectivity index (χ1n) is 0.570. The molecule has 0 amide bonds. The van der Waals surface area contributed by atoms with Gasteiger partial charge >= 0.3 is 19.8 Å². The van der Waals surface area contributed by atoms with E-state index in [-0.39, 0.29) is 39.3 Å². The first kappa shape index (κ1) is 68.3. The molecule has 0 unspecified atom stereocenters. The molecule has 0 aromatic carbocycles. The van der Waals surface area contributed by atoms with Crippen molar-refractivity contribution in [3.63, 3.8) is 0 Å². The van der Waals surface area contributed by atoms with Crippen LogP contribution in [0.4, 0.5) is 0 Å². The van der Waals surface area contributed by atoms with Gasteiger partial charge in [0.2, 0.25) is 0 Å². The predicted molar refractivity (Wildman–Crippen MR) is 28.7 cm³/mol. The Bertz CT molecular complexity index is 12.0. The molecule has 2 nitrogen and oxygen atoms in total. The molecular weight excluding hydrogens is 207 g/mol. The first-order chi connectivity index (χ1) is 2.00. The topological polar surface area (TPSA) is 37.3 Å². The fourth-order valence-corrected chi connectivity index (χ4v) is 0. The van der Waals surface area contributed by atoms with Gasteiger partial charge in [0, 0.05) is 24.2 Å². The van der Waals surface area contributed by atoms with Crippen molar-refractivity contribution in [3.05, 3.63) is 7.43 Å². The normalized spacial score (nSPS) is 1.50. The molecule has 0 fully saturated rings. The van der Waals surface area contributed by atoms with E-state index in [2.05, 4.69) is 15.9 Å². The average molecular weight is 222 g/mol. The second-order valence-electron chi connectivity index (χ2n) is 0. The summed E-state index contributed by atoms with van der Waals surface area (Å²) in [5.74, 6) is 0. The third-order valence-corrected chi connectivity index (χ3v) is 0. The Morgan fingerprint density at radius 1 is 1.12 bits per heavy atom. The number of aliphatic hydroxyl groups is 1. The van der Waals surface area contributed by atoms with E-state index >= 15 is 0 Å². The van der Waals surface area contributed by atoms with Crippen molar-refractivity contribution in [3.8, 4) is 0 Å². The zero-order valence-electron chi connectivity index (χ0n) is 3.46. The summed E-state index contributed by atoms with van der Waals surface area (Å²) in [5.41, 5.74) is 0. The van der Waals surface area contributed by atoms with E-state index in [1.807, 2.05) is 0 Å². The van der Waals surface area contributed by atoms with Gasteiger partial charge < -0.3 is 12.5 Å². The zero-order valence-corrected chi connectivity index (χ0v) is 5.34. The van der Waals surface area contributed by atoms with Gasteiger partial charge in [-0.25, -0.2) is 0 Å². The van der Waals surface area contributed by atoms with Gasteiger partial charge in [-0.1, -0.05) is 14.9 Å². The fourth-order valence-electron chi connectivity index (χ4n) is 0. The molecule has 0 aliphatic rings. The van der Waals surface area contributed by atoms with Gasteiger partial charge in [-0.05, 0) is 0 Å². The van der Waals surface area contributed by atoms with E-state index in [1.165, 1.54) is 0 Å². The summed E-state index contributed by atoms with van der Waals surface area (Å²) in [4.78, 5) is 0.